The van der Waals surface area contributed by atoms with Crippen LogP contribution in [-0.2, 0) is 14.3 Å². The normalized spacial score (nSPS) is 21.3. The molecule has 0 radical (unpaired) electrons. The Morgan fingerprint density at radius 3 is 2.74 bits per heavy atom. The first kappa shape index (κ1) is 17.0. The molecule has 1 aliphatic heterocycles. The van der Waals surface area contributed by atoms with Gasteiger partial charge in [-0.25, -0.2) is 0 Å². The highest BCUT2D eigenvalue weighted by Gasteiger charge is 2.63. The van der Waals surface area contributed by atoms with Crippen LogP contribution >= 0.6 is 0 Å². The van der Waals surface area contributed by atoms with Crippen molar-refractivity contribution in [2.24, 2.45) is 5.10 Å². The van der Waals surface area contributed by atoms with Crippen LogP contribution in [-0.4, -0.2) is 46.2 Å². The van der Waals surface area contributed by atoms with E-state index in [9.17, 15) is 27.9 Å². The zero-order valence-electron chi connectivity index (χ0n) is 12.0. The summed E-state index contributed by atoms with van der Waals surface area (Å²) < 4.78 is 49.0. The molecular formula is C13H13F3N2O5. The molecule has 1 aromatic rings. The standard InChI is InChI=1S/C13H13F3N2O5/c1-2-22-11(20)6-10(19)18-12(21,13(14,15)16)7-8(17-18)9-4-3-5-23-9/h3-5,21H,2,6-7H2,1H3. The second kappa shape index (κ2) is 6.03. The molecule has 2 rings (SSSR count). The molecule has 1 amide bonds. The van der Waals surface area contributed by atoms with Crippen LogP contribution in [0.3, 0.4) is 0 Å². The molecule has 1 atom stereocenters. The van der Waals surface area contributed by atoms with E-state index in [1.807, 2.05) is 0 Å². The van der Waals surface area contributed by atoms with Crippen molar-refractivity contribution < 1.29 is 37.0 Å². The fourth-order valence-corrected chi connectivity index (χ4v) is 2.02. The minimum absolute atomic E-state index is 0.0147. The number of esters is 1. The Balaban J connectivity index is 2.30. The predicted molar refractivity (Wildman–Crippen MR) is 69.0 cm³/mol. The van der Waals surface area contributed by atoms with Crippen molar-refractivity contribution >= 4 is 17.6 Å². The number of carbonyl (C=O) groups is 2. The maximum atomic E-state index is 13.2. The molecule has 0 spiro atoms. The summed E-state index contributed by atoms with van der Waals surface area (Å²) in [4.78, 5) is 23.2. The maximum absolute atomic E-state index is 13.2. The SMILES string of the molecule is CCOC(=O)CC(=O)N1N=C(c2ccco2)CC1(O)C(F)(F)F. The van der Waals surface area contributed by atoms with Gasteiger partial charge in [-0.05, 0) is 19.1 Å². The van der Waals surface area contributed by atoms with Gasteiger partial charge in [0.2, 0.25) is 0 Å². The molecule has 10 heteroatoms. The first-order valence-corrected chi connectivity index (χ1v) is 6.58. The molecule has 1 unspecified atom stereocenters. The smallest absolute Gasteiger partial charge is 0.438 e. The van der Waals surface area contributed by atoms with Crippen molar-refractivity contribution in [3.63, 3.8) is 0 Å². The van der Waals surface area contributed by atoms with Gasteiger partial charge in [-0.3, -0.25) is 9.59 Å². The average Bonchev–Trinajstić information content (AvgIpc) is 3.05. The number of carbonyl (C=O) groups excluding carboxylic acids is 2. The van der Waals surface area contributed by atoms with Gasteiger partial charge in [0.05, 0.1) is 19.3 Å². The van der Waals surface area contributed by atoms with E-state index in [0.29, 0.717) is 0 Å². The van der Waals surface area contributed by atoms with Crippen LogP contribution in [0.1, 0.15) is 25.5 Å². The second-order valence-corrected chi connectivity index (χ2v) is 4.70. The summed E-state index contributed by atoms with van der Waals surface area (Å²) in [5.41, 5.74) is -3.80. The van der Waals surface area contributed by atoms with Crippen molar-refractivity contribution in [3.05, 3.63) is 24.2 Å². The molecule has 23 heavy (non-hydrogen) atoms. The van der Waals surface area contributed by atoms with E-state index < -0.39 is 36.6 Å². The zero-order chi connectivity index (χ0) is 17.3. The fraction of sp³-hybridized carbons (Fsp3) is 0.462. The van der Waals surface area contributed by atoms with Crippen LogP contribution in [0.2, 0.25) is 0 Å². The van der Waals surface area contributed by atoms with E-state index >= 15 is 0 Å². The molecule has 0 saturated carbocycles. The van der Waals surface area contributed by atoms with Gasteiger partial charge in [-0.15, -0.1) is 0 Å². The molecule has 0 fully saturated rings. The predicted octanol–water partition coefficient (Wildman–Crippen LogP) is 1.42. The maximum Gasteiger partial charge on any atom is 0.438 e. The Morgan fingerprint density at radius 1 is 1.52 bits per heavy atom. The van der Waals surface area contributed by atoms with Crippen LogP contribution < -0.4 is 0 Å². The molecule has 0 saturated heterocycles. The van der Waals surface area contributed by atoms with Gasteiger partial charge in [0.15, 0.2) is 0 Å². The molecule has 0 aliphatic carbocycles. The number of halogens is 3. The average molecular weight is 334 g/mol. The van der Waals surface area contributed by atoms with Crippen LogP contribution in [0.15, 0.2) is 27.9 Å². The van der Waals surface area contributed by atoms with Crippen molar-refractivity contribution in [1.82, 2.24) is 5.01 Å². The Kier molecular flexibility index (Phi) is 4.46. The number of hydrogen-bond acceptors (Lipinski definition) is 6. The molecule has 1 N–H and O–H groups in total. The number of amides is 1. The molecule has 2 heterocycles. The van der Waals surface area contributed by atoms with E-state index in [1.165, 1.54) is 25.3 Å². The van der Waals surface area contributed by atoms with E-state index in [1.54, 1.807) is 0 Å². The van der Waals surface area contributed by atoms with Crippen LogP contribution in [0.4, 0.5) is 13.2 Å². The summed E-state index contributed by atoms with van der Waals surface area (Å²) >= 11 is 0. The molecule has 7 nitrogen and oxygen atoms in total. The van der Waals surface area contributed by atoms with Gasteiger partial charge < -0.3 is 14.3 Å². The summed E-state index contributed by atoms with van der Waals surface area (Å²) in [7, 11) is 0. The number of hydrazone groups is 1. The lowest BCUT2D eigenvalue weighted by atomic mass is 10.0. The number of alkyl halides is 3. The number of ether oxygens (including phenoxy) is 1. The third-order valence-electron chi connectivity index (χ3n) is 3.08. The Morgan fingerprint density at radius 2 is 2.22 bits per heavy atom. The molecular weight excluding hydrogens is 321 g/mol. The third kappa shape index (κ3) is 3.21. The Bertz CT molecular complexity index is 626. The largest absolute Gasteiger partial charge is 0.466 e. The number of rotatable bonds is 4. The summed E-state index contributed by atoms with van der Waals surface area (Å²) in [5, 5.41) is 13.3. The van der Waals surface area contributed by atoms with Crippen LogP contribution in [0.5, 0.6) is 0 Å². The Hall–Kier alpha value is -2.36. The van der Waals surface area contributed by atoms with E-state index in [4.69, 9.17) is 4.42 Å². The van der Waals surface area contributed by atoms with Crippen LogP contribution in [0, 0.1) is 0 Å². The van der Waals surface area contributed by atoms with Gasteiger partial charge >= 0.3 is 12.1 Å². The number of hydrogen-bond donors (Lipinski definition) is 1. The summed E-state index contributed by atoms with van der Waals surface area (Å²) in [5.74, 6) is -2.35. The number of aliphatic hydroxyl groups is 1. The van der Waals surface area contributed by atoms with Crippen molar-refractivity contribution in [1.29, 1.82) is 0 Å². The van der Waals surface area contributed by atoms with Crippen LogP contribution in [0.25, 0.3) is 0 Å². The molecule has 0 bridgehead atoms. The lowest BCUT2D eigenvalue weighted by Gasteiger charge is -2.32. The van der Waals surface area contributed by atoms with E-state index in [-0.39, 0.29) is 23.1 Å². The van der Waals surface area contributed by atoms with Crippen molar-refractivity contribution in [2.45, 2.75) is 31.7 Å². The zero-order valence-corrected chi connectivity index (χ0v) is 12.0. The van der Waals surface area contributed by atoms with Crippen molar-refractivity contribution in [3.8, 4) is 0 Å². The minimum Gasteiger partial charge on any atom is -0.466 e. The quantitative estimate of drug-likeness (QED) is 0.664. The monoisotopic (exact) mass is 334 g/mol. The van der Waals surface area contributed by atoms with E-state index in [2.05, 4.69) is 9.84 Å². The lowest BCUT2D eigenvalue weighted by Crippen LogP contribution is -2.57. The Labute approximate surface area is 128 Å². The van der Waals surface area contributed by atoms with Gasteiger partial charge in [-0.2, -0.15) is 23.3 Å². The number of furan rings is 1. The summed E-state index contributed by atoms with van der Waals surface area (Å²) in [6, 6.07) is 2.77. The highest BCUT2D eigenvalue weighted by molar-refractivity contribution is 6.03. The minimum atomic E-state index is -5.17. The first-order chi connectivity index (χ1) is 10.7. The van der Waals surface area contributed by atoms with E-state index in [0.717, 1.165) is 0 Å². The third-order valence-corrected chi connectivity index (χ3v) is 3.08. The van der Waals surface area contributed by atoms with Gasteiger partial charge in [0, 0.05) is 0 Å². The lowest BCUT2D eigenvalue weighted by molar-refractivity contribution is -0.302. The molecule has 1 aromatic heterocycles. The van der Waals surface area contributed by atoms with Gasteiger partial charge in [0.1, 0.15) is 17.9 Å². The number of nitrogens with zero attached hydrogens (tertiary/aromatic N) is 2. The first-order valence-electron chi connectivity index (χ1n) is 6.58. The van der Waals surface area contributed by atoms with Gasteiger partial charge in [0.25, 0.3) is 11.6 Å². The molecule has 1 aliphatic rings. The topological polar surface area (TPSA) is 92.3 Å². The summed E-state index contributed by atoms with van der Waals surface area (Å²) in [6.45, 7) is 1.45. The van der Waals surface area contributed by atoms with Gasteiger partial charge in [-0.1, -0.05) is 0 Å². The molecule has 0 aromatic carbocycles. The van der Waals surface area contributed by atoms with Crippen molar-refractivity contribution in [2.75, 3.05) is 6.61 Å². The summed E-state index contributed by atoms with van der Waals surface area (Å²) in [6.07, 6.45) is -5.93. The highest BCUT2D eigenvalue weighted by atomic mass is 19.4. The molecule has 126 valence electrons. The fourth-order valence-electron chi connectivity index (χ4n) is 2.02. The second-order valence-electron chi connectivity index (χ2n) is 4.70. The highest BCUT2D eigenvalue weighted by Crippen LogP contribution is 2.41.